The standard InChI is InChI=1S/C10H20N4O3S/c1-3-13(2)5-4-12-18(16,17)10-8-11-14(9-10)6-7-15/h8-9,12,15H,3-7H2,1-2H3. The van der Waals surface area contributed by atoms with Crippen LogP contribution in [0.1, 0.15) is 6.92 Å². The maximum absolute atomic E-state index is 11.9. The summed E-state index contributed by atoms with van der Waals surface area (Å²) in [6.45, 7) is 4.10. The lowest BCUT2D eigenvalue weighted by Crippen LogP contribution is -2.32. The molecule has 7 nitrogen and oxygen atoms in total. The number of nitrogens with zero attached hydrogens (tertiary/aromatic N) is 3. The second kappa shape index (κ2) is 6.83. The number of likely N-dealkylation sites (N-methyl/N-ethyl adjacent to an activating group) is 1. The lowest BCUT2D eigenvalue weighted by Gasteiger charge is -2.13. The Hall–Kier alpha value is -0.960. The number of aliphatic hydroxyl groups excluding tert-OH is 1. The van der Waals surface area contributed by atoms with Crippen molar-refractivity contribution in [3.05, 3.63) is 12.4 Å². The van der Waals surface area contributed by atoms with Gasteiger partial charge in [-0.05, 0) is 13.6 Å². The number of sulfonamides is 1. The molecule has 0 amide bonds. The zero-order valence-electron chi connectivity index (χ0n) is 10.7. The Morgan fingerprint density at radius 2 is 2.28 bits per heavy atom. The molecule has 0 aliphatic rings. The normalized spacial score (nSPS) is 12.2. The third-order valence-electron chi connectivity index (χ3n) is 2.57. The van der Waals surface area contributed by atoms with Gasteiger partial charge in [0.1, 0.15) is 4.90 Å². The molecule has 1 heterocycles. The molecule has 0 radical (unpaired) electrons. The number of aromatic nitrogens is 2. The predicted octanol–water partition coefficient (Wildman–Crippen LogP) is -0.895. The monoisotopic (exact) mass is 276 g/mol. The average molecular weight is 276 g/mol. The molecule has 1 aromatic rings. The summed E-state index contributed by atoms with van der Waals surface area (Å²) in [6.07, 6.45) is 2.68. The molecule has 0 aliphatic heterocycles. The van der Waals surface area contributed by atoms with Crippen LogP contribution in [-0.4, -0.2) is 61.5 Å². The summed E-state index contributed by atoms with van der Waals surface area (Å²) >= 11 is 0. The highest BCUT2D eigenvalue weighted by Gasteiger charge is 2.15. The quantitative estimate of drug-likeness (QED) is 0.643. The third-order valence-corrected chi connectivity index (χ3v) is 3.99. The highest BCUT2D eigenvalue weighted by Crippen LogP contribution is 2.06. The molecule has 0 unspecified atom stereocenters. The van der Waals surface area contributed by atoms with Crippen molar-refractivity contribution in [2.24, 2.45) is 0 Å². The van der Waals surface area contributed by atoms with Gasteiger partial charge >= 0.3 is 0 Å². The van der Waals surface area contributed by atoms with E-state index >= 15 is 0 Å². The van der Waals surface area contributed by atoms with E-state index in [0.717, 1.165) is 6.54 Å². The molecule has 18 heavy (non-hydrogen) atoms. The number of aliphatic hydroxyl groups is 1. The van der Waals surface area contributed by atoms with Crippen molar-refractivity contribution < 1.29 is 13.5 Å². The molecule has 0 fully saturated rings. The molecule has 1 rings (SSSR count). The van der Waals surface area contributed by atoms with Crippen molar-refractivity contribution in [3.63, 3.8) is 0 Å². The van der Waals surface area contributed by atoms with Gasteiger partial charge in [-0.2, -0.15) is 5.10 Å². The molecule has 0 saturated carbocycles. The van der Waals surface area contributed by atoms with Crippen molar-refractivity contribution in [1.82, 2.24) is 19.4 Å². The SMILES string of the molecule is CCN(C)CCNS(=O)(=O)c1cnn(CCO)c1. The molecular weight excluding hydrogens is 256 g/mol. The Morgan fingerprint density at radius 1 is 1.56 bits per heavy atom. The largest absolute Gasteiger partial charge is 0.394 e. The number of rotatable bonds is 8. The van der Waals surface area contributed by atoms with Gasteiger partial charge in [0.2, 0.25) is 10.0 Å². The Kier molecular flexibility index (Phi) is 5.73. The highest BCUT2D eigenvalue weighted by molar-refractivity contribution is 7.89. The third kappa shape index (κ3) is 4.37. The minimum atomic E-state index is -3.50. The van der Waals surface area contributed by atoms with Gasteiger partial charge in [-0.3, -0.25) is 4.68 Å². The first-order valence-corrected chi connectivity index (χ1v) is 7.29. The smallest absolute Gasteiger partial charge is 0.243 e. The summed E-state index contributed by atoms with van der Waals surface area (Å²) in [5.41, 5.74) is 0. The van der Waals surface area contributed by atoms with Gasteiger partial charge in [-0.15, -0.1) is 0 Å². The summed E-state index contributed by atoms with van der Waals surface area (Å²) in [5.74, 6) is 0. The maximum atomic E-state index is 11.9. The van der Waals surface area contributed by atoms with Crippen LogP contribution in [0.5, 0.6) is 0 Å². The molecule has 0 bridgehead atoms. The summed E-state index contributed by atoms with van der Waals surface area (Å²) in [7, 11) is -1.58. The molecule has 2 N–H and O–H groups in total. The van der Waals surface area contributed by atoms with E-state index in [1.54, 1.807) is 0 Å². The van der Waals surface area contributed by atoms with Crippen molar-refractivity contribution >= 4 is 10.0 Å². The molecule has 8 heteroatoms. The van der Waals surface area contributed by atoms with Crippen LogP contribution in [0.15, 0.2) is 17.3 Å². The first kappa shape index (κ1) is 15.1. The average Bonchev–Trinajstić information content (AvgIpc) is 2.78. The van der Waals surface area contributed by atoms with Gasteiger partial charge in [0, 0.05) is 19.3 Å². The highest BCUT2D eigenvalue weighted by atomic mass is 32.2. The summed E-state index contributed by atoms with van der Waals surface area (Å²) in [5, 5.41) is 12.6. The molecular formula is C10H20N4O3S. The van der Waals surface area contributed by atoms with E-state index in [4.69, 9.17) is 5.11 Å². The van der Waals surface area contributed by atoms with Crippen molar-refractivity contribution in [3.8, 4) is 0 Å². The molecule has 1 aromatic heterocycles. The van der Waals surface area contributed by atoms with Crippen LogP contribution in [0.4, 0.5) is 0 Å². The second-order valence-corrected chi connectivity index (χ2v) is 5.72. The van der Waals surface area contributed by atoms with Gasteiger partial charge in [-0.1, -0.05) is 6.92 Å². The molecule has 0 saturated heterocycles. The maximum Gasteiger partial charge on any atom is 0.243 e. The van der Waals surface area contributed by atoms with Crippen molar-refractivity contribution in [2.45, 2.75) is 18.4 Å². The first-order valence-electron chi connectivity index (χ1n) is 5.81. The van der Waals surface area contributed by atoms with Crippen LogP contribution < -0.4 is 4.72 Å². The van der Waals surface area contributed by atoms with Crippen molar-refractivity contribution in [2.75, 3.05) is 33.3 Å². The van der Waals surface area contributed by atoms with Crippen LogP contribution in [0, 0.1) is 0 Å². The zero-order valence-corrected chi connectivity index (χ0v) is 11.5. The topological polar surface area (TPSA) is 87.5 Å². The molecule has 0 aliphatic carbocycles. The van der Waals surface area contributed by atoms with E-state index in [0.29, 0.717) is 13.1 Å². The van der Waals surface area contributed by atoms with E-state index in [1.165, 1.54) is 17.1 Å². The first-order chi connectivity index (χ1) is 8.49. The molecule has 0 aromatic carbocycles. The fourth-order valence-electron chi connectivity index (χ4n) is 1.32. The molecule has 0 spiro atoms. The van der Waals surface area contributed by atoms with Crippen LogP contribution in [0.25, 0.3) is 0 Å². The van der Waals surface area contributed by atoms with Gasteiger partial charge in [0.15, 0.2) is 0 Å². The Labute approximate surface area is 107 Å². The summed E-state index contributed by atoms with van der Waals surface area (Å²) in [6, 6.07) is 0. The lowest BCUT2D eigenvalue weighted by molar-refractivity contribution is 0.269. The van der Waals surface area contributed by atoms with E-state index in [1.807, 2.05) is 18.9 Å². The molecule has 104 valence electrons. The van der Waals surface area contributed by atoms with Crippen LogP contribution in [-0.2, 0) is 16.6 Å². The number of nitrogens with one attached hydrogen (secondary N) is 1. The van der Waals surface area contributed by atoms with Crippen LogP contribution >= 0.6 is 0 Å². The zero-order chi connectivity index (χ0) is 13.6. The summed E-state index contributed by atoms with van der Waals surface area (Å²) in [4.78, 5) is 2.13. The van der Waals surface area contributed by atoms with Gasteiger partial charge in [-0.25, -0.2) is 13.1 Å². The predicted molar refractivity (Wildman–Crippen MR) is 67.7 cm³/mol. The minimum Gasteiger partial charge on any atom is -0.394 e. The van der Waals surface area contributed by atoms with Gasteiger partial charge in [0.05, 0.1) is 19.3 Å². The van der Waals surface area contributed by atoms with E-state index < -0.39 is 10.0 Å². The van der Waals surface area contributed by atoms with E-state index in [9.17, 15) is 8.42 Å². The van der Waals surface area contributed by atoms with E-state index in [2.05, 4.69) is 9.82 Å². The minimum absolute atomic E-state index is 0.0735. The summed E-state index contributed by atoms with van der Waals surface area (Å²) < 4.78 is 27.7. The van der Waals surface area contributed by atoms with Crippen LogP contribution in [0.2, 0.25) is 0 Å². The number of hydrogen-bond donors (Lipinski definition) is 2. The second-order valence-electron chi connectivity index (χ2n) is 3.96. The van der Waals surface area contributed by atoms with Gasteiger partial charge in [0.25, 0.3) is 0 Å². The lowest BCUT2D eigenvalue weighted by atomic mass is 10.5. The Morgan fingerprint density at radius 3 is 2.89 bits per heavy atom. The Balaban J connectivity index is 2.56. The number of hydrogen-bond acceptors (Lipinski definition) is 5. The van der Waals surface area contributed by atoms with Crippen LogP contribution in [0.3, 0.4) is 0 Å². The Bertz CT molecular complexity index is 457. The van der Waals surface area contributed by atoms with E-state index in [-0.39, 0.29) is 18.0 Å². The van der Waals surface area contributed by atoms with Gasteiger partial charge < -0.3 is 10.0 Å². The fourth-order valence-corrected chi connectivity index (χ4v) is 2.29. The van der Waals surface area contributed by atoms with Crippen molar-refractivity contribution in [1.29, 1.82) is 0 Å². The fraction of sp³-hybridized carbons (Fsp3) is 0.700. The molecule has 0 atom stereocenters.